The number of nitrogens with zero attached hydrogens (tertiary/aromatic N) is 2. The minimum atomic E-state index is -0.385. The molecule has 0 aliphatic carbocycles. The van der Waals surface area contributed by atoms with E-state index in [1.807, 2.05) is 32.0 Å². The van der Waals surface area contributed by atoms with Crippen LogP contribution in [-0.2, 0) is 0 Å². The molecule has 0 saturated carbocycles. The average Bonchev–Trinajstić information content (AvgIpc) is 3.16. The zero-order valence-electron chi connectivity index (χ0n) is 16.1. The van der Waals surface area contributed by atoms with E-state index < -0.39 is 0 Å². The molecule has 3 aromatic rings. The van der Waals surface area contributed by atoms with E-state index >= 15 is 0 Å². The number of phenols is 1. The van der Waals surface area contributed by atoms with Crippen LogP contribution >= 0.6 is 11.6 Å². The standard InChI is InChI=1S/C21H22ClN5O2/c1-3-13(2)23-21(25-20(29)15-5-4-6-17(28)11-15)24-19-12-18(26-27-19)14-7-9-16(22)10-8-14/h4-13,28H,3H2,1-2H3,(H3,23,24,25,26,27,29). The molecule has 7 nitrogen and oxygen atoms in total. The lowest BCUT2D eigenvalue weighted by atomic mass is 10.1. The third kappa shape index (κ3) is 5.58. The lowest BCUT2D eigenvalue weighted by Gasteiger charge is -2.12. The number of carbonyl (C=O) groups excluding carboxylic acids is 1. The molecule has 8 heteroatoms. The summed E-state index contributed by atoms with van der Waals surface area (Å²) in [4.78, 5) is 17.1. The van der Waals surface area contributed by atoms with Crippen LogP contribution in [0.2, 0.25) is 5.02 Å². The van der Waals surface area contributed by atoms with Gasteiger partial charge in [-0.1, -0.05) is 36.7 Å². The summed E-state index contributed by atoms with van der Waals surface area (Å²) in [6.45, 7) is 3.96. The van der Waals surface area contributed by atoms with Gasteiger partial charge >= 0.3 is 0 Å². The molecule has 0 bridgehead atoms. The monoisotopic (exact) mass is 411 g/mol. The third-order valence-electron chi connectivity index (χ3n) is 4.26. The van der Waals surface area contributed by atoms with E-state index in [4.69, 9.17) is 11.6 Å². The molecule has 1 heterocycles. The minimum Gasteiger partial charge on any atom is -0.508 e. The number of aromatic amines is 1. The van der Waals surface area contributed by atoms with Crippen LogP contribution in [0.4, 0.5) is 5.82 Å². The number of aliphatic imine (C=N–C) groups is 1. The van der Waals surface area contributed by atoms with Gasteiger partial charge in [-0.15, -0.1) is 0 Å². The summed E-state index contributed by atoms with van der Waals surface area (Å²) < 4.78 is 0. The highest BCUT2D eigenvalue weighted by Gasteiger charge is 2.13. The molecular weight excluding hydrogens is 390 g/mol. The zero-order valence-corrected chi connectivity index (χ0v) is 16.9. The molecule has 0 aliphatic rings. The van der Waals surface area contributed by atoms with Gasteiger partial charge in [0, 0.05) is 16.7 Å². The molecule has 1 aromatic heterocycles. The van der Waals surface area contributed by atoms with E-state index in [1.54, 1.807) is 24.3 Å². The highest BCUT2D eigenvalue weighted by atomic mass is 35.5. The fourth-order valence-corrected chi connectivity index (χ4v) is 2.64. The first-order valence-corrected chi connectivity index (χ1v) is 9.59. The van der Waals surface area contributed by atoms with Crippen LogP contribution in [0.3, 0.4) is 0 Å². The second-order valence-corrected chi connectivity index (χ2v) is 6.97. The number of amides is 1. The Kier molecular flexibility index (Phi) is 6.51. The van der Waals surface area contributed by atoms with Crippen LogP contribution in [0.25, 0.3) is 11.3 Å². The summed E-state index contributed by atoms with van der Waals surface area (Å²) in [6.07, 6.45) is 0.809. The number of guanidine groups is 1. The number of H-pyrrole nitrogens is 1. The summed E-state index contributed by atoms with van der Waals surface area (Å²) >= 11 is 5.93. The number of hydrogen-bond acceptors (Lipinski definition) is 4. The quantitative estimate of drug-likeness (QED) is 0.368. The maximum atomic E-state index is 12.5. The van der Waals surface area contributed by atoms with E-state index in [0.29, 0.717) is 16.4 Å². The largest absolute Gasteiger partial charge is 0.508 e. The molecule has 0 aliphatic heterocycles. The molecule has 29 heavy (non-hydrogen) atoms. The van der Waals surface area contributed by atoms with Gasteiger partial charge in [0.05, 0.1) is 11.7 Å². The molecule has 0 spiro atoms. The van der Waals surface area contributed by atoms with Crippen molar-refractivity contribution < 1.29 is 9.90 Å². The second kappa shape index (κ2) is 9.25. The molecule has 0 saturated heterocycles. The number of carbonyl (C=O) groups is 1. The van der Waals surface area contributed by atoms with Crippen molar-refractivity contribution in [3.63, 3.8) is 0 Å². The van der Waals surface area contributed by atoms with E-state index in [1.165, 1.54) is 12.1 Å². The van der Waals surface area contributed by atoms with Gasteiger partial charge in [0.15, 0.2) is 5.82 Å². The van der Waals surface area contributed by atoms with Gasteiger partial charge < -0.3 is 10.4 Å². The first-order chi connectivity index (χ1) is 13.9. The van der Waals surface area contributed by atoms with Crippen molar-refractivity contribution in [2.24, 2.45) is 4.99 Å². The van der Waals surface area contributed by atoms with Gasteiger partial charge in [-0.3, -0.25) is 15.2 Å². The molecule has 2 aromatic carbocycles. The average molecular weight is 412 g/mol. The number of aromatic hydroxyl groups is 1. The van der Waals surface area contributed by atoms with E-state index in [-0.39, 0.29) is 23.7 Å². The molecule has 150 valence electrons. The summed E-state index contributed by atoms with van der Waals surface area (Å²) in [5.74, 6) is 0.421. The van der Waals surface area contributed by atoms with Crippen molar-refractivity contribution in [2.45, 2.75) is 26.3 Å². The Balaban J connectivity index is 1.78. The summed E-state index contributed by atoms with van der Waals surface area (Å²) in [7, 11) is 0. The van der Waals surface area contributed by atoms with E-state index in [0.717, 1.165) is 17.7 Å². The zero-order chi connectivity index (χ0) is 20.8. The number of hydrogen-bond donors (Lipinski definition) is 4. The molecule has 1 atom stereocenters. The minimum absolute atomic E-state index is 0.00310. The lowest BCUT2D eigenvalue weighted by molar-refractivity contribution is 0.0976. The van der Waals surface area contributed by atoms with Crippen LogP contribution in [-0.4, -0.2) is 33.2 Å². The number of benzene rings is 2. The lowest BCUT2D eigenvalue weighted by Crippen LogP contribution is -2.37. The van der Waals surface area contributed by atoms with Gasteiger partial charge in [-0.05, 0) is 49.2 Å². The van der Waals surface area contributed by atoms with Crippen molar-refractivity contribution in [3.8, 4) is 17.0 Å². The van der Waals surface area contributed by atoms with Gasteiger partial charge in [-0.2, -0.15) is 5.10 Å². The van der Waals surface area contributed by atoms with Crippen molar-refractivity contribution in [3.05, 3.63) is 65.2 Å². The number of aromatic nitrogens is 2. The Morgan fingerprint density at radius 2 is 2.00 bits per heavy atom. The second-order valence-electron chi connectivity index (χ2n) is 6.54. The Hall–Kier alpha value is -3.32. The van der Waals surface area contributed by atoms with Gasteiger partial charge in [0.2, 0.25) is 5.96 Å². The predicted molar refractivity (Wildman–Crippen MR) is 115 cm³/mol. The highest BCUT2D eigenvalue weighted by molar-refractivity contribution is 6.30. The normalized spacial score (nSPS) is 12.4. The summed E-state index contributed by atoms with van der Waals surface area (Å²) in [6, 6.07) is 15.3. The summed E-state index contributed by atoms with van der Waals surface area (Å²) in [5.41, 5.74) is 2.05. The SMILES string of the molecule is CCC(C)N=C(NC(=O)c1cccc(O)c1)Nc1cc(-c2ccc(Cl)cc2)[nH]n1. The molecule has 3 rings (SSSR count). The Labute approximate surface area is 173 Å². The van der Waals surface area contributed by atoms with Crippen LogP contribution in [0.15, 0.2) is 59.6 Å². The Morgan fingerprint density at radius 3 is 2.69 bits per heavy atom. The molecular formula is C21H22ClN5O2. The molecule has 0 fully saturated rings. The smallest absolute Gasteiger partial charge is 0.258 e. The van der Waals surface area contributed by atoms with Crippen LogP contribution < -0.4 is 10.6 Å². The molecule has 4 N–H and O–H groups in total. The summed E-state index contributed by atoms with van der Waals surface area (Å²) in [5, 5.41) is 23.2. The van der Waals surface area contributed by atoms with Gasteiger partial charge in [0.1, 0.15) is 5.75 Å². The highest BCUT2D eigenvalue weighted by Crippen LogP contribution is 2.21. The number of nitrogens with one attached hydrogen (secondary N) is 3. The third-order valence-corrected chi connectivity index (χ3v) is 4.51. The predicted octanol–water partition coefficient (Wildman–Crippen LogP) is 4.43. The number of halogens is 1. The van der Waals surface area contributed by atoms with Crippen molar-refractivity contribution in [2.75, 3.05) is 5.32 Å². The number of phenolic OH excluding ortho intramolecular Hbond substituents is 1. The van der Waals surface area contributed by atoms with E-state index in [9.17, 15) is 9.90 Å². The maximum absolute atomic E-state index is 12.5. The van der Waals surface area contributed by atoms with Gasteiger partial charge in [0.25, 0.3) is 5.91 Å². The van der Waals surface area contributed by atoms with Crippen LogP contribution in [0, 0.1) is 0 Å². The fraction of sp³-hybridized carbons (Fsp3) is 0.190. The van der Waals surface area contributed by atoms with Crippen molar-refractivity contribution >= 4 is 29.3 Å². The Morgan fingerprint density at radius 1 is 1.24 bits per heavy atom. The van der Waals surface area contributed by atoms with Crippen molar-refractivity contribution in [1.82, 2.24) is 15.5 Å². The van der Waals surface area contributed by atoms with Crippen LogP contribution in [0.5, 0.6) is 5.75 Å². The molecule has 0 radical (unpaired) electrons. The molecule has 1 unspecified atom stereocenters. The van der Waals surface area contributed by atoms with E-state index in [2.05, 4.69) is 25.8 Å². The topological polar surface area (TPSA) is 102 Å². The number of rotatable bonds is 5. The first-order valence-electron chi connectivity index (χ1n) is 9.21. The van der Waals surface area contributed by atoms with Crippen molar-refractivity contribution in [1.29, 1.82) is 0 Å². The number of anilines is 1. The van der Waals surface area contributed by atoms with Crippen LogP contribution in [0.1, 0.15) is 30.6 Å². The maximum Gasteiger partial charge on any atom is 0.258 e. The first kappa shape index (κ1) is 20.4. The fourth-order valence-electron chi connectivity index (χ4n) is 2.52. The molecule has 1 amide bonds. The Bertz CT molecular complexity index is 1010. The van der Waals surface area contributed by atoms with Gasteiger partial charge in [-0.25, -0.2) is 4.99 Å².